The first-order chi connectivity index (χ1) is 12.1. The number of esters is 1. The molecule has 0 spiro atoms. The quantitative estimate of drug-likeness (QED) is 0.335. The summed E-state index contributed by atoms with van der Waals surface area (Å²) in [5.74, 6) is -0.326. The van der Waals surface area contributed by atoms with Gasteiger partial charge in [0.25, 0.3) is 5.69 Å². The van der Waals surface area contributed by atoms with Gasteiger partial charge in [-0.25, -0.2) is 4.79 Å². The van der Waals surface area contributed by atoms with Crippen molar-refractivity contribution in [2.24, 2.45) is 0 Å². The molecule has 132 valence electrons. The maximum absolute atomic E-state index is 12.4. The van der Waals surface area contributed by atoms with Crippen molar-refractivity contribution in [3.8, 4) is 0 Å². The average molecular weight is 378 g/mol. The Kier molecular flexibility index (Phi) is 5.60. The largest absolute Gasteiger partial charge is 0.462 e. The van der Waals surface area contributed by atoms with Crippen LogP contribution in [0.2, 0.25) is 0 Å². The first kappa shape index (κ1) is 17.8. The van der Waals surface area contributed by atoms with E-state index in [1.807, 2.05) is 0 Å². The average Bonchev–Trinajstić information content (AvgIpc) is 2.98. The Morgan fingerprint density at radius 2 is 2.12 bits per heavy atom. The third-order valence-electron chi connectivity index (χ3n) is 3.97. The topological polar surface area (TPSA) is 81.5 Å². The number of nitro benzene ring substituents is 1. The van der Waals surface area contributed by atoms with Crippen molar-refractivity contribution in [2.45, 2.75) is 37.5 Å². The minimum atomic E-state index is -0.407. The first-order valence-electron chi connectivity index (χ1n) is 8.09. The van der Waals surface area contributed by atoms with Gasteiger partial charge in [-0.3, -0.25) is 10.1 Å². The predicted octanol–water partition coefficient (Wildman–Crippen LogP) is 4.83. The smallest absolute Gasteiger partial charge is 0.341 e. The zero-order valence-corrected chi connectivity index (χ0v) is 15.4. The van der Waals surface area contributed by atoms with Gasteiger partial charge < -0.3 is 9.46 Å². The number of ether oxygens (including phenoxy) is 1. The fraction of sp³-hybridized carbons (Fsp3) is 0.353. The van der Waals surface area contributed by atoms with Gasteiger partial charge in [-0.1, -0.05) is 12.1 Å². The molecule has 1 aliphatic carbocycles. The number of rotatable bonds is 6. The van der Waals surface area contributed by atoms with Crippen LogP contribution in [0, 0.1) is 10.1 Å². The molecule has 0 aliphatic heterocycles. The molecule has 1 aliphatic rings. The van der Waals surface area contributed by atoms with Gasteiger partial charge in [-0.05, 0) is 56.2 Å². The van der Waals surface area contributed by atoms with Gasteiger partial charge in [0, 0.05) is 10.9 Å². The lowest BCUT2D eigenvalue weighted by Gasteiger charge is -2.12. The molecular formula is C17H18N2O4S2. The second kappa shape index (κ2) is 7.88. The maximum atomic E-state index is 12.4. The molecule has 2 aromatic rings. The molecule has 1 aromatic heterocycles. The zero-order chi connectivity index (χ0) is 17.8. The van der Waals surface area contributed by atoms with Crippen LogP contribution < -0.4 is 4.72 Å². The minimum absolute atomic E-state index is 0.0407. The third kappa shape index (κ3) is 3.80. The van der Waals surface area contributed by atoms with E-state index < -0.39 is 4.92 Å². The highest BCUT2D eigenvalue weighted by molar-refractivity contribution is 8.00. The van der Waals surface area contributed by atoms with E-state index in [1.165, 1.54) is 10.9 Å². The Labute approximate surface area is 153 Å². The molecule has 1 N–H and O–H groups in total. The molecule has 6 nitrogen and oxygen atoms in total. The summed E-state index contributed by atoms with van der Waals surface area (Å²) < 4.78 is 8.37. The molecule has 25 heavy (non-hydrogen) atoms. The van der Waals surface area contributed by atoms with Crippen LogP contribution in [0.3, 0.4) is 0 Å². The van der Waals surface area contributed by atoms with E-state index in [4.69, 9.17) is 4.74 Å². The van der Waals surface area contributed by atoms with Crippen molar-refractivity contribution in [3.05, 3.63) is 50.4 Å². The molecule has 3 rings (SSSR count). The van der Waals surface area contributed by atoms with E-state index in [9.17, 15) is 14.9 Å². The molecule has 0 saturated carbocycles. The number of benzene rings is 1. The van der Waals surface area contributed by atoms with Gasteiger partial charge in [0.2, 0.25) is 0 Å². The Bertz CT molecular complexity index is 804. The summed E-state index contributed by atoms with van der Waals surface area (Å²) in [5.41, 5.74) is 1.70. The SMILES string of the molecule is CCOC(=O)c1c(NSc2ccccc2[N+](=O)[O-])sc2c1CCCC2. The number of carbonyl (C=O) groups excluding carboxylic acids is 1. The van der Waals surface area contributed by atoms with E-state index in [0.717, 1.165) is 43.2 Å². The van der Waals surface area contributed by atoms with E-state index in [0.29, 0.717) is 22.1 Å². The Morgan fingerprint density at radius 1 is 1.36 bits per heavy atom. The molecule has 1 heterocycles. The van der Waals surface area contributed by atoms with Crippen molar-refractivity contribution in [3.63, 3.8) is 0 Å². The van der Waals surface area contributed by atoms with Crippen molar-refractivity contribution in [2.75, 3.05) is 11.3 Å². The summed E-state index contributed by atoms with van der Waals surface area (Å²) in [4.78, 5) is 24.9. The number of fused-ring (bicyclic) bond motifs is 1. The molecule has 0 radical (unpaired) electrons. The number of hydrogen-bond donors (Lipinski definition) is 1. The number of thiophene rings is 1. The van der Waals surface area contributed by atoms with Crippen LogP contribution in [0.5, 0.6) is 0 Å². The van der Waals surface area contributed by atoms with E-state index >= 15 is 0 Å². The van der Waals surface area contributed by atoms with Gasteiger partial charge in [0.1, 0.15) is 9.90 Å². The molecule has 8 heteroatoms. The molecule has 0 bridgehead atoms. The van der Waals surface area contributed by atoms with Crippen LogP contribution >= 0.6 is 23.3 Å². The van der Waals surface area contributed by atoms with Crippen molar-refractivity contribution < 1.29 is 14.5 Å². The van der Waals surface area contributed by atoms with Gasteiger partial charge >= 0.3 is 5.97 Å². The lowest BCUT2D eigenvalue weighted by molar-refractivity contribution is -0.387. The van der Waals surface area contributed by atoms with Crippen LogP contribution in [0.25, 0.3) is 0 Å². The molecule has 0 atom stereocenters. The zero-order valence-electron chi connectivity index (χ0n) is 13.7. The van der Waals surface area contributed by atoms with Crippen LogP contribution in [-0.4, -0.2) is 17.5 Å². The number of aryl methyl sites for hydroxylation is 1. The second-order valence-corrected chi connectivity index (χ2v) is 7.52. The number of anilines is 1. The highest BCUT2D eigenvalue weighted by Crippen LogP contribution is 2.41. The van der Waals surface area contributed by atoms with E-state index in [2.05, 4.69) is 4.72 Å². The van der Waals surface area contributed by atoms with Crippen LogP contribution in [0.1, 0.15) is 40.6 Å². The second-order valence-electron chi connectivity index (χ2n) is 5.56. The molecule has 0 fully saturated rings. The number of para-hydroxylation sites is 1. The van der Waals surface area contributed by atoms with Crippen LogP contribution in [-0.2, 0) is 17.6 Å². The molecule has 0 amide bonds. The fourth-order valence-corrected chi connectivity index (χ4v) is 4.97. The van der Waals surface area contributed by atoms with Crippen LogP contribution in [0.4, 0.5) is 10.7 Å². The highest BCUT2D eigenvalue weighted by atomic mass is 32.2. The normalized spacial score (nSPS) is 13.2. The number of nitrogens with zero attached hydrogens (tertiary/aromatic N) is 1. The standard InChI is InChI=1S/C17H18N2O4S2/c1-2-23-17(20)15-11-7-3-5-9-13(11)24-16(15)18-25-14-10-6-4-8-12(14)19(21)22/h4,6,8,10,18H,2-3,5,7,9H2,1H3. The maximum Gasteiger partial charge on any atom is 0.341 e. The number of nitrogens with one attached hydrogen (secondary N) is 1. The van der Waals surface area contributed by atoms with Crippen molar-refractivity contribution >= 4 is 39.9 Å². The van der Waals surface area contributed by atoms with Crippen molar-refractivity contribution in [1.29, 1.82) is 0 Å². The summed E-state index contributed by atoms with van der Waals surface area (Å²) in [6.45, 7) is 2.10. The van der Waals surface area contributed by atoms with E-state index in [-0.39, 0.29) is 11.7 Å². The summed E-state index contributed by atoms with van der Waals surface area (Å²) >= 11 is 2.70. The van der Waals surface area contributed by atoms with Gasteiger partial charge in [0.15, 0.2) is 0 Å². The molecule has 0 unspecified atom stereocenters. The summed E-state index contributed by atoms with van der Waals surface area (Å²) in [5, 5.41) is 11.9. The van der Waals surface area contributed by atoms with Crippen molar-refractivity contribution in [1.82, 2.24) is 0 Å². The van der Waals surface area contributed by atoms with Gasteiger partial charge in [0.05, 0.1) is 17.1 Å². The number of carbonyl (C=O) groups is 1. The molecule has 0 saturated heterocycles. The lowest BCUT2D eigenvalue weighted by Crippen LogP contribution is -2.10. The predicted molar refractivity (Wildman–Crippen MR) is 99.5 cm³/mol. The third-order valence-corrected chi connectivity index (χ3v) is 6.17. The van der Waals surface area contributed by atoms with Crippen LogP contribution in [0.15, 0.2) is 29.2 Å². The summed E-state index contributed by atoms with van der Waals surface area (Å²) in [6.07, 6.45) is 4.02. The van der Waals surface area contributed by atoms with E-state index in [1.54, 1.807) is 36.5 Å². The molecule has 1 aromatic carbocycles. The Morgan fingerprint density at radius 3 is 2.88 bits per heavy atom. The molecular weight excluding hydrogens is 360 g/mol. The Balaban J connectivity index is 1.89. The Hall–Kier alpha value is -2.06. The summed E-state index contributed by atoms with van der Waals surface area (Å²) in [6, 6.07) is 6.54. The lowest BCUT2D eigenvalue weighted by atomic mass is 9.95. The number of hydrogen-bond acceptors (Lipinski definition) is 7. The van der Waals surface area contributed by atoms with Gasteiger partial charge in [-0.15, -0.1) is 11.3 Å². The highest BCUT2D eigenvalue weighted by Gasteiger charge is 2.26. The summed E-state index contributed by atoms with van der Waals surface area (Å²) in [7, 11) is 0. The number of nitro groups is 1. The monoisotopic (exact) mass is 378 g/mol. The minimum Gasteiger partial charge on any atom is -0.462 e. The van der Waals surface area contributed by atoms with Gasteiger partial charge in [-0.2, -0.15) is 0 Å². The first-order valence-corrected chi connectivity index (χ1v) is 9.73. The fourth-order valence-electron chi connectivity index (χ4n) is 2.85.